The Kier molecular flexibility index (Phi) is 9.50. The van der Waals surface area contributed by atoms with Crippen molar-refractivity contribution in [3.63, 3.8) is 0 Å². The SMILES string of the molecule is c1ccc(-c2ccc(N(c3ccccc3)c3cc(N(c4ccccc4)c4ccc(-c5ccc(-c6ccccc6)c6ccccc56)cc4)c4c(c3)oc3cc5ccccc5cc34)cc2)cc1. The van der Waals surface area contributed by atoms with E-state index in [9.17, 15) is 0 Å². The van der Waals surface area contributed by atoms with Crippen molar-refractivity contribution in [1.82, 2.24) is 0 Å². The predicted octanol–water partition coefficient (Wildman–Crippen LogP) is 17.8. The van der Waals surface area contributed by atoms with Crippen LogP contribution in [0.3, 0.4) is 0 Å². The molecule has 12 rings (SSSR count). The van der Waals surface area contributed by atoms with Crippen LogP contribution >= 0.6 is 0 Å². The molecule has 0 saturated heterocycles. The number of hydrogen-bond donors (Lipinski definition) is 0. The summed E-state index contributed by atoms with van der Waals surface area (Å²) in [5.74, 6) is 0. The molecular weight excluding hydrogens is 789 g/mol. The fourth-order valence-corrected chi connectivity index (χ4v) is 9.53. The Morgan fingerprint density at radius 1 is 0.262 bits per heavy atom. The monoisotopic (exact) mass is 830 g/mol. The van der Waals surface area contributed by atoms with E-state index in [0.29, 0.717) is 0 Å². The van der Waals surface area contributed by atoms with Crippen molar-refractivity contribution in [3.8, 4) is 33.4 Å². The summed E-state index contributed by atoms with van der Waals surface area (Å²) in [5.41, 5.74) is 15.0. The number of nitrogens with zero attached hydrogens (tertiary/aromatic N) is 2. The van der Waals surface area contributed by atoms with E-state index in [1.54, 1.807) is 0 Å². The zero-order valence-corrected chi connectivity index (χ0v) is 35.6. The topological polar surface area (TPSA) is 19.6 Å². The second kappa shape index (κ2) is 16.2. The summed E-state index contributed by atoms with van der Waals surface area (Å²) in [4.78, 5) is 4.72. The number of rotatable bonds is 9. The molecule has 12 aromatic rings. The van der Waals surface area contributed by atoms with E-state index in [1.165, 1.54) is 44.0 Å². The Balaban J connectivity index is 1.06. The average Bonchev–Trinajstić information content (AvgIpc) is 3.74. The summed E-state index contributed by atoms with van der Waals surface area (Å²) in [6, 6.07) is 91.2. The summed E-state index contributed by atoms with van der Waals surface area (Å²) in [7, 11) is 0. The lowest BCUT2D eigenvalue weighted by Crippen LogP contribution is -2.13. The predicted molar refractivity (Wildman–Crippen MR) is 274 cm³/mol. The third-order valence-electron chi connectivity index (χ3n) is 12.6. The molecule has 3 nitrogen and oxygen atoms in total. The van der Waals surface area contributed by atoms with Gasteiger partial charge in [0.25, 0.3) is 0 Å². The van der Waals surface area contributed by atoms with E-state index in [1.807, 2.05) is 0 Å². The first kappa shape index (κ1) is 38.0. The quantitative estimate of drug-likeness (QED) is 0.144. The van der Waals surface area contributed by atoms with Gasteiger partial charge in [-0.2, -0.15) is 0 Å². The van der Waals surface area contributed by atoms with Gasteiger partial charge < -0.3 is 14.2 Å². The van der Waals surface area contributed by atoms with Crippen molar-refractivity contribution >= 4 is 77.6 Å². The fourth-order valence-electron chi connectivity index (χ4n) is 9.53. The molecule has 1 heterocycles. The molecule has 0 atom stereocenters. The standard InChI is InChI=1S/C62H42N2O/c1-5-17-43(18-6-1)44-29-33-51(34-30-44)63(49-23-9-3-10-24-49)53-41-59(62-58-39-47-21-13-14-22-48(47)40-60(58)65-61(62)42-53)64(50-25-11-4-12-26-50)52-35-31-46(32-36-52)55-38-37-54(45-19-7-2-8-20-45)56-27-15-16-28-57(55)56/h1-42H. The second-order valence-corrected chi connectivity index (χ2v) is 16.5. The zero-order chi connectivity index (χ0) is 43.1. The lowest BCUT2D eigenvalue weighted by Gasteiger charge is -2.30. The van der Waals surface area contributed by atoms with E-state index in [-0.39, 0.29) is 0 Å². The van der Waals surface area contributed by atoms with Crippen LogP contribution in [0, 0.1) is 0 Å². The van der Waals surface area contributed by atoms with Crippen molar-refractivity contribution in [2.75, 3.05) is 9.80 Å². The van der Waals surface area contributed by atoms with Crippen LogP contribution in [0.4, 0.5) is 34.1 Å². The molecule has 11 aromatic carbocycles. The Morgan fingerprint density at radius 3 is 1.29 bits per heavy atom. The molecule has 0 amide bonds. The van der Waals surface area contributed by atoms with Crippen LogP contribution < -0.4 is 9.80 Å². The van der Waals surface area contributed by atoms with Crippen LogP contribution in [-0.2, 0) is 0 Å². The Bertz CT molecular complexity index is 3620. The fraction of sp³-hybridized carbons (Fsp3) is 0. The van der Waals surface area contributed by atoms with Gasteiger partial charge in [-0.25, -0.2) is 0 Å². The summed E-state index contributed by atoms with van der Waals surface area (Å²) in [6.45, 7) is 0. The lowest BCUT2D eigenvalue weighted by atomic mass is 9.92. The van der Waals surface area contributed by atoms with Gasteiger partial charge in [-0.1, -0.05) is 182 Å². The van der Waals surface area contributed by atoms with Gasteiger partial charge in [0.05, 0.1) is 16.8 Å². The van der Waals surface area contributed by atoms with Gasteiger partial charge in [-0.15, -0.1) is 0 Å². The number of para-hydroxylation sites is 2. The third kappa shape index (κ3) is 6.97. The minimum Gasteiger partial charge on any atom is -0.456 e. The molecule has 0 radical (unpaired) electrons. The van der Waals surface area contributed by atoms with Gasteiger partial charge in [-0.3, -0.25) is 0 Å². The second-order valence-electron chi connectivity index (χ2n) is 16.5. The largest absolute Gasteiger partial charge is 0.456 e. The molecule has 0 aliphatic carbocycles. The average molecular weight is 831 g/mol. The van der Waals surface area contributed by atoms with Crippen LogP contribution in [-0.4, -0.2) is 0 Å². The van der Waals surface area contributed by atoms with Gasteiger partial charge in [0, 0.05) is 34.2 Å². The van der Waals surface area contributed by atoms with Crippen LogP contribution in [0.15, 0.2) is 259 Å². The molecule has 0 unspecified atom stereocenters. The molecule has 3 heteroatoms. The van der Waals surface area contributed by atoms with Crippen LogP contribution in [0.1, 0.15) is 0 Å². The van der Waals surface area contributed by atoms with Crippen molar-refractivity contribution in [3.05, 3.63) is 255 Å². The van der Waals surface area contributed by atoms with E-state index < -0.39 is 0 Å². The number of hydrogen-bond acceptors (Lipinski definition) is 3. The highest BCUT2D eigenvalue weighted by Crippen LogP contribution is 2.48. The van der Waals surface area contributed by atoms with Crippen molar-refractivity contribution in [2.24, 2.45) is 0 Å². The molecule has 0 fully saturated rings. The van der Waals surface area contributed by atoms with Crippen molar-refractivity contribution in [1.29, 1.82) is 0 Å². The van der Waals surface area contributed by atoms with Gasteiger partial charge >= 0.3 is 0 Å². The van der Waals surface area contributed by atoms with Crippen LogP contribution in [0.25, 0.3) is 76.9 Å². The maximum Gasteiger partial charge on any atom is 0.139 e. The highest BCUT2D eigenvalue weighted by atomic mass is 16.3. The Labute approximate surface area is 378 Å². The van der Waals surface area contributed by atoms with E-state index in [0.717, 1.165) is 67.0 Å². The Morgan fingerprint density at radius 2 is 0.692 bits per heavy atom. The summed E-state index contributed by atoms with van der Waals surface area (Å²) >= 11 is 0. The van der Waals surface area contributed by atoms with Gasteiger partial charge in [0.2, 0.25) is 0 Å². The molecule has 65 heavy (non-hydrogen) atoms. The third-order valence-corrected chi connectivity index (χ3v) is 12.6. The van der Waals surface area contributed by atoms with E-state index in [4.69, 9.17) is 4.42 Å². The molecule has 0 spiro atoms. The smallest absolute Gasteiger partial charge is 0.139 e. The summed E-state index contributed by atoms with van der Waals surface area (Å²) < 4.78 is 6.97. The molecule has 0 aliphatic rings. The van der Waals surface area contributed by atoms with Crippen molar-refractivity contribution < 1.29 is 4.42 Å². The normalized spacial score (nSPS) is 11.4. The molecule has 0 saturated carbocycles. The van der Waals surface area contributed by atoms with Crippen LogP contribution in [0.2, 0.25) is 0 Å². The maximum absolute atomic E-state index is 6.97. The molecule has 0 N–H and O–H groups in total. The minimum atomic E-state index is 0.812. The van der Waals surface area contributed by atoms with Gasteiger partial charge in [-0.05, 0) is 122 Å². The first-order valence-electron chi connectivity index (χ1n) is 22.2. The minimum absolute atomic E-state index is 0.812. The lowest BCUT2D eigenvalue weighted by molar-refractivity contribution is 0.669. The highest BCUT2D eigenvalue weighted by molar-refractivity contribution is 6.17. The van der Waals surface area contributed by atoms with Crippen molar-refractivity contribution in [2.45, 2.75) is 0 Å². The number of anilines is 6. The summed E-state index contributed by atoms with van der Waals surface area (Å²) in [5, 5.41) is 6.90. The summed E-state index contributed by atoms with van der Waals surface area (Å²) in [6.07, 6.45) is 0. The van der Waals surface area contributed by atoms with Gasteiger partial charge in [0.1, 0.15) is 11.2 Å². The highest BCUT2D eigenvalue weighted by Gasteiger charge is 2.24. The van der Waals surface area contributed by atoms with E-state index >= 15 is 0 Å². The maximum atomic E-state index is 6.97. The Hall–Kier alpha value is -8.66. The first-order chi connectivity index (χ1) is 32.2. The number of furan rings is 1. The molecule has 0 bridgehead atoms. The molecule has 0 aliphatic heterocycles. The first-order valence-corrected chi connectivity index (χ1v) is 22.2. The molecule has 306 valence electrons. The van der Waals surface area contributed by atoms with Gasteiger partial charge in [0.15, 0.2) is 0 Å². The number of benzene rings is 11. The number of fused-ring (bicyclic) bond motifs is 5. The molecular formula is C62H42N2O. The van der Waals surface area contributed by atoms with Crippen LogP contribution in [0.5, 0.6) is 0 Å². The van der Waals surface area contributed by atoms with E-state index in [2.05, 4.69) is 265 Å². The molecule has 1 aromatic heterocycles. The zero-order valence-electron chi connectivity index (χ0n) is 35.6.